The Morgan fingerprint density at radius 2 is 1.57 bits per heavy atom. The molecule has 144 valence electrons. The number of aromatic amines is 2. The summed E-state index contributed by atoms with van der Waals surface area (Å²) in [5.74, 6) is 0. The number of fused-ring (bicyclic) bond motifs is 2. The standard InChI is InChI=1S/C12H7BrClN3.C8H7N.2CH4/c13-9-6-16-12(14)17-11(9)8-5-15-10-4-2-1-3-7(8)10;1-2-4-8-7(3-1)5-6-9-8;;/h1-6,15H;1-6,9H;2*1H4. The van der Waals surface area contributed by atoms with Gasteiger partial charge in [-0.25, -0.2) is 9.97 Å². The fourth-order valence-electron chi connectivity index (χ4n) is 2.80. The Labute approximate surface area is 178 Å². The molecule has 0 aliphatic heterocycles. The van der Waals surface area contributed by atoms with Crippen molar-refractivity contribution in [2.75, 3.05) is 0 Å². The average Bonchev–Trinajstić information content (AvgIpc) is 3.31. The van der Waals surface area contributed by atoms with Crippen molar-refractivity contribution in [3.8, 4) is 11.3 Å². The summed E-state index contributed by atoms with van der Waals surface area (Å²) < 4.78 is 0.826. The predicted molar refractivity (Wildman–Crippen MR) is 124 cm³/mol. The zero-order chi connectivity index (χ0) is 17.9. The number of nitrogens with zero attached hydrogens (tertiary/aromatic N) is 2. The monoisotopic (exact) mass is 456 g/mol. The number of H-pyrrole nitrogens is 2. The van der Waals surface area contributed by atoms with E-state index in [4.69, 9.17) is 11.6 Å². The van der Waals surface area contributed by atoms with E-state index in [1.807, 2.05) is 48.8 Å². The molecule has 3 aromatic heterocycles. The summed E-state index contributed by atoms with van der Waals surface area (Å²) >= 11 is 9.27. The van der Waals surface area contributed by atoms with Gasteiger partial charge in [-0.05, 0) is 51.1 Å². The molecule has 6 heteroatoms. The molecule has 0 amide bonds. The van der Waals surface area contributed by atoms with E-state index in [1.165, 1.54) is 10.9 Å². The lowest BCUT2D eigenvalue weighted by Crippen LogP contribution is -1.88. The minimum absolute atomic E-state index is 0. The van der Waals surface area contributed by atoms with Gasteiger partial charge < -0.3 is 9.97 Å². The smallest absolute Gasteiger partial charge is 0.222 e. The first kappa shape index (κ1) is 21.7. The van der Waals surface area contributed by atoms with Crippen LogP contribution in [-0.2, 0) is 0 Å². The zero-order valence-corrected chi connectivity index (χ0v) is 15.9. The van der Waals surface area contributed by atoms with Gasteiger partial charge in [0.05, 0.1) is 10.2 Å². The van der Waals surface area contributed by atoms with E-state index < -0.39 is 0 Å². The first-order valence-electron chi connectivity index (χ1n) is 7.99. The molecule has 0 unspecified atom stereocenters. The highest BCUT2D eigenvalue weighted by atomic mass is 79.9. The number of nitrogens with one attached hydrogen (secondary N) is 2. The molecule has 0 aliphatic carbocycles. The molecule has 3 heterocycles. The Bertz CT molecular complexity index is 1150. The van der Waals surface area contributed by atoms with Crippen molar-refractivity contribution in [2.24, 2.45) is 0 Å². The lowest BCUT2D eigenvalue weighted by Gasteiger charge is -2.01. The Kier molecular flexibility index (Phi) is 7.38. The van der Waals surface area contributed by atoms with Gasteiger partial charge in [0.25, 0.3) is 0 Å². The summed E-state index contributed by atoms with van der Waals surface area (Å²) in [6.07, 6.45) is 5.53. The van der Waals surface area contributed by atoms with Crippen molar-refractivity contribution >= 4 is 49.3 Å². The van der Waals surface area contributed by atoms with Crippen LogP contribution in [0.2, 0.25) is 5.28 Å². The number of rotatable bonds is 1. The van der Waals surface area contributed by atoms with E-state index in [0.29, 0.717) is 0 Å². The molecule has 5 rings (SSSR count). The van der Waals surface area contributed by atoms with Crippen molar-refractivity contribution in [3.05, 3.63) is 82.9 Å². The van der Waals surface area contributed by atoms with Gasteiger partial charge >= 0.3 is 0 Å². The summed E-state index contributed by atoms with van der Waals surface area (Å²) in [5, 5.41) is 2.63. The van der Waals surface area contributed by atoms with E-state index in [9.17, 15) is 0 Å². The molecule has 2 aromatic carbocycles. The van der Waals surface area contributed by atoms with Gasteiger partial charge in [-0.1, -0.05) is 51.3 Å². The molecule has 0 spiro atoms. The molecule has 0 saturated heterocycles. The molecular formula is C22H22BrClN4. The number of benzene rings is 2. The third-order valence-electron chi connectivity index (χ3n) is 4.02. The van der Waals surface area contributed by atoms with Crippen LogP contribution in [-0.4, -0.2) is 19.9 Å². The maximum Gasteiger partial charge on any atom is 0.222 e. The molecule has 0 aliphatic rings. The minimum Gasteiger partial charge on any atom is -0.361 e. The molecule has 5 aromatic rings. The van der Waals surface area contributed by atoms with Crippen LogP contribution in [0.25, 0.3) is 33.1 Å². The van der Waals surface area contributed by atoms with Crippen LogP contribution in [0.15, 0.2) is 77.7 Å². The van der Waals surface area contributed by atoms with Gasteiger partial charge in [0, 0.05) is 40.6 Å². The highest BCUT2D eigenvalue weighted by Gasteiger charge is 2.11. The summed E-state index contributed by atoms with van der Waals surface area (Å²) in [5.41, 5.74) is 4.08. The first-order chi connectivity index (χ1) is 12.7. The Hall–Kier alpha value is -2.63. The second-order valence-electron chi connectivity index (χ2n) is 5.65. The van der Waals surface area contributed by atoms with Crippen LogP contribution in [0.4, 0.5) is 0 Å². The summed E-state index contributed by atoms with van der Waals surface area (Å²) in [7, 11) is 0. The lowest BCUT2D eigenvalue weighted by molar-refractivity contribution is 1.16. The van der Waals surface area contributed by atoms with Gasteiger partial charge in [-0.15, -0.1) is 0 Å². The molecular weight excluding hydrogens is 436 g/mol. The zero-order valence-electron chi connectivity index (χ0n) is 13.6. The van der Waals surface area contributed by atoms with E-state index in [0.717, 1.165) is 26.6 Å². The van der Waals surface area contributed by atoms with E-state index in [-0.39, 0.29) is 20.1 Å². The predicted octanol–water partition coefficient (Wildman–Crippen LogP) is 7.48. The van der Waals surface area contributed by atoms with E-state index >= 15 is 0 Å². The number of hydrogen-bond acceptors (Lipinski definition) is 2. The quantitative estimate of drug-likeness (QED) is 0.256. The fraction of sp³-hybridized carbons (Fsp3) is 0.0909. The van der Waals surface area contributed by atoms with Crippen LogP contribution in [0, 0.1) is 0 Å². The summed E-state index contributed by atoms with van der Waals surface area (Å²) in [6, 6.07) is 18.3. The molecule has 0 fully saturated rings. The molecule has 4 nitrogen and oxygen atoms in total. The molecule has 28 heavy (non-hydrogen) atoms. The van der Waals surface area contributed by atoms with Gasteiger partial charge in [-0.3, -0.25) is 0 Å². The Balaban J connectivity index is 0.000000218. The van der Waals surface area contributed by atoms with E-state index in [2.05, 4.69) is 54.1 Å². The first-order valence-corrected chi connectivity index (χ1v) is 9.16. The topological polar surface area (TPSA) is 57.4 Å². The fourth-order valence-corrected chi connectivity index (χ4v) is 3.33. The lowest BCUT2D eigenvalue weighted by atomic mass is 10.1. The van der Waals surface area contributed by atoms with Crippen molar-refractivity contribution in [1.82, 2.24) is 19.9 Å². The molecule has 0 bridgehead atoms. The highest BCUT2D eigenvalue weighted by Crippen LogP contribution is 2.32. The van der Waals surface area contributed by atoms with Crippen LogP contribution < -0.4 is 0 Å². The highest BCUT2D eigenvalue weighted by molar-refractivity contribution is 9.10. The molecule has 0 atom stereocenters. The Morgan fingerprint density at radius 3 is 2.36 bits per heavy atom. The third-order valence-corrected chi connectivity index (χ3v) is 4.78. The van der Waals surface area contributed by atoms with Crippen molar-refractivity contribution in [1.29, 1.82) is 0 Å². The number of hydrogen-bond donors (Lipinski definition) is 2. The van der Waals surface area contributed by atoms with Gasteiger partial charge in [0.2, 0.25) is 5.28 Å². The third kappa shape index (κ3) is 4.43. The van der Waals surface area contributed by atoms with Gasteiger partial charge in [0.15, 0.2) is 0 Å². The average molecular weight is 458 g/mol. The van der Waals surface area contributed by atoms with Crippen LogP contribution >= 0.6 is 27.5 Å². The van der Waals surface area contributed by atoms with Crippen LogP contribution in [0.5, 0.6) is 0 Å². The number of para-hydroxylation sites is 2. The van der Waals surface area contributed by atoms with Crippen molar-refractivity contribution in [2.45, 2.75) is 14.9 Å². The maximum atomic E-state index is 5.83. The van der Waals surface area contributed by atoms with Crippen molar-refractivity contribution in [3.63, 3.8) is 0 Å². The van der Waals surface area contributed by atoms with Gasteiger partial charge in [-0.2, -0.15) is 0 Å². The normalized spacial score (nSPS) is 9.93. The van der Waals surface area contributed by atoms with Crippen LogP contribution in [0.3, 0.4) is 0 Å². The second kappa shape index (κ2) is 9.53. The maximum absolute atomic E-state index is 5.83. The largest absolute Gasteiger partial charge is 0.361 e. The summed E-state index contributed by atoms with van der Waals surface area (Å²) in [6.45, 7) is 0. The van der Waals surface area contributed by atoms with Crippen LogP contribution in [0.1, 0.15) is 14.9 Å². The SMILES string of the molecule is C.C.Clc1ncc(Br)c(-c2c[nH]c3ccccc23)n1.c1ccc2[nH]ccc2c1. The van der Waals surface area contributed by atoms with Crippen molar-refractivity contribution < 1.29 is 0 Å². The summed E-state index contributed by atoms with van der Waals surface area (Å²) in [4.78, 5) is 14.5. The second-order valence-corrected chi connectivity index (χ2v) is 6.84. The molecule has 0 radical (unpaired) electrons. The number of aromatic nitrogens is 4. The Morgan fingerprint density at radius 1 is 0.857 bits per heavy atom. The number of halogens is 2. The minimum atomic E-state index is 0. The van der Waals surface area contributed by atoms with Gasteiger partial charge in [0.1, 0.15) is 0 Å². The molecule has 2 N–H and O–H groups in total. The molecule has 0 saturated carbocycles. The van der Waals surface area contributed by atoms with E-state index in [1.54, 1.807) is 6.20 Å².